The Kier molecular flexibility index (Phi) is 5.18. The second kappa shape index (κ2) is 7.74. The average molecular weight is 384 g/mol. The van der Waals surface area contributed by atoms with Gasteiger partial charge in [0.15, 0.2) is 5.76 Å². The molecule has 140 valence electrons. The molecule has 1 amide bonds. The third-order valence-corrected chi connectivity index (χ3v) is 5.92. The van der Waals surface area contributed by atoms with Gasteiger partial charge < -0.3 is 15.1 Å². The first-order valence-electron chi connectivity index (χ1n) is 9.06. The number of fused-ring (bicyclic) bond motifs is 1. The first kappa shape index (κ1) is 18.1. The van der Waals surface area contributed by atoms with Gasteiger partial charge in [0.1, 0.15) is 11.4 Å². The third-order valence-electron chi connectivity index (χ3n) is 4.85. The molecular formula is C21H21FN2O2S. The molecule has 27 heavy (non-hydrogen) atoms. The van der Waals surface area contributed by atoms with E-state index in [2.05, 4.69) is 0 Å². The maximum atomic E-state index is 14.0. The Morgan fingerprint density at radius 2 is 2.00 bits per heavy atom. The summed E-state index contributed by atoms with van der Waals surface area (Å²) in [6, 6.07) is 14.2. The van der Waals surface area contributed by atoms with Crippen LogP contribution in [0.3, 0.4) is 0 Å². The van der Waals surface area contributed by atoms with Crippen LogP contribution in [0.1, 0.15) is 29.0 Å². The zero-order valence-electron chi connectivity index (χ0n) is 14.9. The number of halogens is 1. The van der Waals surface area contributed by atoms with Crippen molar-refractivity contribution in [2.24, 2.45) is 5.73 Å². The summed E-state index contributed by atoms with van der Waals surface area (Å²) in [7, 11) is 0. The lowest BCUT2D eigenvalue weighted by Crippen LogP contribution is -2.45. The van der Waals surface area contributed by atoms with Crippen molar-refractivity contribution >= 4 is 28.6 Å². The van der Waals surface area contributed by atoms with Crippen molar-refractivity contribution < 1.29 is 13.6 Å². The first-order valence-corrected chi connectivity index (χ1v) is 10.0. The smallest absolute Gasteiger partial charge is 0.289 e. The second-order valence-electron chi connectivity index (χ2n) is 6.78. The summed E-state index contributed by atoms with van der Waals surface area (Å²) in [5.41, 5.74) is 7.52. The van der Waals surface area contributed by atoms with Crippen LogP contribution in [0.4, 0.5) is 4.39 Å². The van der Waals surface area contributed by atoms with Crippen LogP contribution in [0.2, 0.25) is 0 Å². The summed E-state index contributed by atoms with van der Waals surface area (Å²) in [6.07, 6.45) is 1.83. The summed E-state index contributed by atoms with van der Waals surface area (Å²) in [5.74, 6) is 0.406. The highest BCUT2D eigenvalue weighted by molar-refractivity contribution is 7.98. The van der Waals surface area contributed by atoms with Gasteiger partial charge in [-0.05, 0) is 31.0 Å². The highest BCUT2D eigenvalue weighted by Crippen LogP contribution is 2.33. The fraction of sp³-hybridized carbons (Fsp3) is 0.286. The molecule has 1 fully saturated rings. The van der Waals surface area contributed by atoms with Gasteiger partial charge >= 0.3 is 0 Å². The average Bonchev–Trinajstić information content (AvgIpc) is 3.05. The molecule has 3 aromatic rings. The van der Waals surface area contributed by atoms with Gasteiger partial charge in [0, 0.05) is 40.7 Å². The molecule has 1 unspecified atom stereocenters. The minimum Gasteiger partial charge on any atom is -0.451 e. The number of carbonyl (C=O) groups is 1. The van der Waals surface area contributed by atoms with Crippen molar-refractivity contribution in [2.75, 3.05) is 13.1 Å². The van der Waals surface area contributed by atoms with E-state index in [1.54, 1.807) is 23.1 Å². The fourth-order valence-corrected chi connectivity index (χ4v) is 4.43. The van der Waals surface area contributed by atoms with Gasteiger partial charge in [-0.3, -0.25) is 4.79 Å². The SMILES string of the molecule is NC1CCCN(C(=O)c2oc3ccccc3c2CSc2ccccc2F)C1. The molecule has 1 saturated heterocycles. The van der Waals surface area contributed by atoms with Gasteiger partial charge in [-0.1, -0.05) is 30.3 Å². The topological polar surface area (TPSA) is 59.5 Å². The fourth-order valence-electron chi connectivity index (χ4n) is 3.46. The van der Waals surface area contributed by atoms with E-state index >= 15 is 0 Å². The van der Waals surface area contributed by atoms with Crippen molar-refractivity contribution in [1.29, 1.82) is 0 Å². The Morgan fingerprint density at radius 3 is 2.81 bits per heavy atom. The minimum absolute atomic E-state index is 0.00307. The third kappa shape index (κ3) is 3.73. The van der Waals surface area contributed by atoms with E-state index in [1.165, 1.54) is 17.8 Å². The molecule has 0 aliphatic carbocycles. The van der Waals surface area contributed by atoms with Crippen molar-refractivity contribution in [2.45, 2.75) is 29.5 Å². The van der Waals surface area contributed by atoms with Crippen LogP contribution in [0.5, 0.6) is 0 Å². The number of nitrogens with zero attached hydrogens (tertiary/aromatic N) is 1. The van der Waals surface area contributed by atoms with Crippen LogP contribution in [-0.4, -0.2) is 29.9 Å². The van der Waals surface area contributed by atoms with Gasteiger partial charge in [-0.25, -0.2) is 4.39 Å². The Hall–Kier alpha value is -2.31. The summed E-state index contributed by atoms with van der Waals surface area (Å²) >= 11 is 1.37. The van der Waals surface area contributed by atoms with Crippen molar-refractivity contribution in [1.82, 2.24) is 4.90 Å². The number of rotatable bonds is 4. The van der Waals surface area contributed by atoms with Gasteiger partial charge in [-0.2, -0.15) is 0 Å². The molecule has 4 nitrogen and oxygen atoms in total. The molecule has 6 heteroatoms. The van der Waals surface area contributed by atoms with E-state index in [-0.39, 0.29) is 17.8 Å². The van der Waals surface area contributed by atoms with E-state index in [0.29, 0.717) is 35.1 Å². The van der Waals surface area contributed by atoms with Crippen molar-refractivity contribution in [3.05, 3.63) is 65.7 Å². The lowest BCUT2D eigenvalue weighted by Gasteiger charge is -2.30. The number of thioether (sulfide) groups is 1. The van der Waals surface area contributed by atoms with Crippen molar-refractivity contribution in [3.8, 4) is 0 Å². The molecule has 2 heterocycles. The largest absolute Gasteiger partial charge is 0.451 e. The number of benzene rings is 2. The van der Waals surface area contributed by atoms with Crippen LogP contribution in [0.25, 0.3) is 11.0 Å². The number of furan rings is 1. The quantitative estimate of drug-likeness (QED) is 0.676. The zero-order valence-corrected chi connectivity index (χ0v) is 15.7. The van der Waals surface area contributed by atoms with E-state index in [1.807, 2.05) is 24.3 Å². The molecule has 1 aliphatic rings. The minimum atomic E-state index is -0.259. The first-order chi connectivity index (χ1) is 13.1. The van der Waals surface area contributed by atoms with Crippen LogP contribution in [0, 0.1) is 5.82 Å². The van der Waals surface area contributed by atoms with E-state index < -0.39 is 0 Å². The maximum absolute atomic E-state index is 14.0. The molecule has 0 bridgehead atoms. The van der Waals surface area contributed by atoms with Gasteiger partial charge in [0.2, 0.25) is 0 Å². The standard InChI is InChI=1S/C21H21FN2O2S/c22-17-8-2-4-10-19(17)27-13-16-15-7-1-3-9-18(15)26-20(16)21(25)24-11-5-6-14(23)12-24/h1-4,7-10,14H,5-6,11-13,23H2. The zero-order chi connectivity index (χ0) is 18.8. The summed E-state index contributed by atoms with van der Waals surface area (Å²) in [5, 5.41) is 0.894. The predicted octanol–water partition coefficient (Wildman–Crippen LogP) is 4.43. The number of amides is 1. The maximum Gasteiger partial charge on any atom is 0.289 e. The van der Waals surface area contributed by atoms with E-state index in [9.17, 15) is 9.18 Å². The van der Waals surface area contributed by atoms with Gasteiger partial charge in [-0.15, -0.1) is 11.8 Å². The van der Waals surface area contributed by atoms with E-state index in [0.717, 1.165) is 23.8 Å². The van der Waals surface area contributed by atoms with Gasteiger partial charge in [0.25, 0.3) is 5.91 Å². The monoisotopic (exact) mass is 384 g/mol. The molecule has 1 atom stereocenters. The Bertz CT molecular complexity index is 972. The Labute approximate surface area is 161 Å². The predicted molar refractivity (Wildman–Crippen MR) is 105 cm³/mol. The normalized spacial score (nSPS) is 17.4. The number of likely N-dealkylation sites (tertiary alicyclic amines) is 1. The summed E-state index contributed by atoms with van der Waals surface area (Å²) < 4.78 is 19.9. The second-order valence-corrected chi connectivity index (χ2v) is 7.80. The molecule has 0 radical (unpaired) electrons. The highest BCUT2D eigenvalue weighted by Gasteiger charge is 2.28. The lowest BCUT2D eigenvalue weighted by atomic mass is 10.1. The Balaban J connectivity index is 1.67. The molecule has 0 spiro atoms. The molecule has 4 rings (SSSR count). The number of nitrogens with two attached hydrogens (primary N) is 1. The number of hydrogen-bond acceptors (Lipinski definition) is 4. The number of carbonyl (C=O) groups excluding carboxylic acids is 1. The summed E-state index contributed by atoms with van der Waals surface area (Å²) in [6.45, 7) is 1.22. The Morgan fingerprint density at radius 1 is 1.22 bits per heavy atom. The van der Waals surface area contributed by atoms with Crippen LogP contribution >= 0.6 is 11.8 Å². The lowest BCUT2D eigenvalue weighted by molar-refractivity contribution is 0.0678. The van der Waals surface area contributed by atoms with E-state index in [4.69, 9.17) is 10.2 Å². The van der Waals surface area contributed by atoms with Crippen molar-refractivity contribution in [3.63, 3.8) is 0 Å². The molecule has 2 aromatic carbocycles. The molecule has 1 aliphatic heterocycles. The molecule has 2 N–H and O–H groups in total. The van der Waals surface area contributed by atoms with Crippen LogP contribution < -0.4 is 5.73 Å². The van der Waals surface area contributed by atoms with Crippen LogP contribution in [-0.2, 0) is 5.75 Å². The summed E-state index contributed by atoms with van der Waals surface area (Å²) in [4.78, 5) is 15.4. The molecule has 1 aromatic heterocycles. The molecule has 0 saturated carbocycles. The van der Waals surface area contributed by atoms with Crippen LogP contribution in [0.15, 0.2) is 57.8 Å². The number of hydrogen-bond donors (Lipinski definition) is 1. The van der Waals surface area contributed by atoms with Gasteiger partial charge in [0.05, 0.1) is 0 Å². The molecular weight excluding hydrogens is 363 g/mol. The number of para-hydroxylation sites is 1. The number of piperidine rings is 1. The highest BCUT2D eigenvalue weighted by atomic mass is 32.2.